The second-order valence-corrected chi connectivity index (χ2v) is 7.93. The molecule has 0 saturated carbocycles. The molecule has 2 heterocycles. The molecule has 0 spiro atoms. The molecule has 0 amide bonds. The number of aromatic nitrogens is 1. The fourth-order valence-electron chi connectivity index (χ4n) is 3.25. The molecule has 2 aromatic rings. The highest BCUT2D eigenvalue weighted by atomic mass is 32.2. The monoisotopic (exact) mass is 371 g/mol. The van der Waals surface area contributed by atoms with Gasteiger partial charge in [-0.3, -0.25) is 4.98 Å². The number of pyridine rings is 1. The van der Waals surface area contributed by atoms with Gasteiger partial charge in [-0.2, -0.15) is 5.26 Å². The molecule has 8 heteroatoms. The van der Waals surface area contributed by atoms with Crippen LogP contribution in [-0.4, -0.2) is 39.6 Å². The molecule has 2 N–H and O–H groups in total. The minimum absolute atomic E-state index is 0.112. The molecule has 0 aliphatic carbocycles. The molecular formula is C18H21N5O2S. The lowest BCUT2D eigenvalue weighted by atomic mass is 10.1. The van der Waals surface area contributed by atoms with Crippen LogP contribution in [0.3, 0.4) is 0 Å². The van der Waals surface area contributed by atoms with E-state index in [1.54, 1.807) is 12.1 Å². The van der Waals surface area contributed by atoms with E-state index in [9.17, 15) is 13.7 Å². The molecule has 1 aromatic carbocycles. The average Bonchev–Trinajstić information content (AvgIpc) is 2.61. The van der Waals surface area contributed by atoms with Crippen LogP contribution in [0.1, 0.15) is 17.0 Å². The van der Waals surface area contributed by atoms with Gasteiger partial charge in [0.2, 0.25) is 10.0 Å². The van der Waals surface area contributed by atoms with Gasteiger partial charge in [0.05, 0.1) is 21.8 Å². The highest BCUT2D eigenvalue weighted by Gasteiger charge is 2.21. The van der Waals surface area contributed by atoms with Crippen molar-refractivity contribution in [2.24, 2.45) is 5.14 Å². The normalized spacial score (nSPS) is 15.0. The minimum atomic E-state index is -3.67. The van der Waals surface area contributed by atoms with Crippen molar-refractivity contribution in [3.8, 4) is 6.07 Å². The number of sulfonamides is 1. The van der Waals surface area contributed by atoms with Crippen molar-refractivity contribution in [1.29, 1.82) is 5.26 Å². The fraction of sp³-hybridized carbons (Fsp3) is 0.333. The molecule has 7 nitrogen and oxygen atoms in total. The molecule has 1 aliphatic heterocycles. The molecular weight excluding hydrogens is 350 g/mol. The van der Waals surface area contributed by atoms with Crippen LogP contribution in [0.4, 0.5) is 11.4 Å². The fourth-order valence-corrected chi connectivity index (χ4v) is 3.76. The maximum absolute atomic E-state index is 11.4. The van der Waals surface area contributed by atoms with Gasteiger partial charge in [-0.05, 0) is 44.2 Å². The Morgan fingerprint density at radius 1 is 1.08 bits per heavy atom. The largest absolute Gasteiger partial charge is 0.368 e. The minimum Gasteiger partial charge on any atom is -0.368 e. The first-order valence-electron chi connectivity index (χ1n) is 8.30. The molecule has 0 bridgehead atoms. The van der Waals surface area contributed by atoms with Crippen LogP contribution < -0.4 is 14.9 Å². The van der Waals surface area contributed by atoms with Crippen LogP contribution >= 0.6 is 0 Å². The van der Waals surface area contributed by atoms with Crippen LogP contribution in [-0.2, 0) is 10.0 Å². The first kappa shape index (κ1) is 18.2. The second-order valence-electron chi connectivity index (χ2n) is 6.37. The summed E-state index contributed by atoms with van der Waals surface area (Å²) in [7, 11) is -3.67. The predicted molar refractivity (Wildman–Crippen MR) is 101 cm³/mol. The number of nitriles is 1. The summed E-state index contributed by atoms with van der Waals surface area (Å²) >= 11 is 0. The molecule has 1 fully saturated rings. The van der Waals surface area contributed by atoms with E-state index in [0.29, 0.717) is 5.56 Å². The number of rotatable bonds is 3. The van der Waals surface area contributed by atoms with Gasteiger partial charge in [0.1, 0.15) is 6.07 Å². The Labute approximate surface area is 153 Å². The smallest absolute Gasteiger partial charge is 0.238 e. The topological polar surface area (TPSA) is 103 Å². The molecule has 1 saturated heterocycles. The quantitative estimate of drug-likeness (QED) is 0.878. The van der Waals surface area contributed by atoms with E-state index >= 15 is 0 Å². The van der Waals surface area contributed by atoms with Crippen molar-refractivity contribution in [3.05, 3.63) is 47.3 Å². The lowest BCUT2D eigenvalue weighted by molar-refractivity contribution is 0.597. The summed E-state index contributed by atoms with van der Waals surface area (Å²) in [6, 6.07) is 10.8. The summed E-state index contributed by atoms with van der Waals surface area (Å²) in [6.45, 7) is 6.89. The number of primary sulfonamides is 1. The van der Waals surface area contributed by atoms with E-state index in [-0.39, 0.29) is 4.90 Å². The highest BCUT2D eigenvalue weighted by Crippen LogP contribution is 2.26. The number of anilines is 2. The summed E-state index contributed by atoms with van der Waals surface area (Å²) in [5.41, 5.74) is 4.17. The summed E-state index contributed by atoms with van der Waals surface area (Å²) < 4.78 is 22.7. The van der Waals surface area contributed by atoms with Gasteiger partial charge in [-0.25, -0.2) is 13.6 Å². The predicted octanol–water partition coefficient (Wildman–Crippen LogP) is 1.54. The van der Waals surface area contributed by atoms with Gasteiger partial charge >= 0.3 is 0 Å². The van der Waals surface area contributed by atoms with Crippen LogP contribution in [0.5, 0.6) is 0 Å². The standard InChI is InChI=1S/C18H21N5O2S/c1-13-11-18(17(12-19)14(2)21-13)23-9-7-22(8-10-23)15-3-5-16(6-4-15)26(20,24)25/h3-6,11H,7-10H2,1-2H3,(H2,20,24,25). The third-order valence-corrected chi connectivity index (χ3v) is 5.50. The number of aryl methyl sites for hydroxylation is 2. The summed E-state index contributed by atoms with van der Waals surface area (Å²) in [6.07, 6.45) is 0. The molecule has 1 aliphatic rings. The third-order valence-electron chi connectivity index (χ3n) is 4.57. The zero-order valence-corrected chi connectivity index (χ0v) is 15.6. The number of hydrogen-bond acceptors (Lipinski definition) is 6. The van der Waals surface area contributed by atoms with E-state index < -0.39 is 10.0 Å². The first-order valence-corrected chi connectivity index (χ1v) is 9.85. The summed E-state index contributed by atoms with van der Waals surface area (Å²) in [4.78, 5) is 8.88. The van der Waals surface area contributed by atoms with Crippen molar-refractivity contribution in [2.75, 3.05) is 36.0 Å². The molecule has 0 unspecified atom stereocenters. The van der Waals surface area contributed by atoms with Crippen molar-refractivity contribution < 1.29 is 8.42 Å². The molecule has 0 atom stereocenters. The molecule has 136 valence electrons. The Morgan fingerprint density at radius 2 is 1.65 bits per heavy atom. The Bertz CT molecular complexity index is 956. The van der Waals surface area contributed by atoms with Gasteiger partial charge < -0.3 is 9.80 Å². The molecule has 26 heavy (non-hydrogen) atoms. The van der Waals surface area contributed by atoms with Crippen LogP contribution in [0, 0.1) is 25.2 Å². The maximum Gasteiger partial charge on any atom is 0.238 e. The lowest BCUT2D eigenvalue weighted by Crippen LogP contribution is -2.46. The molecule has 3 rings (SSSR count). The van der Waals surface area contributed by atoms with Crippen molar-refractivity contribution in [2.45, 2.75) is 18.7 Å². The van der Waals surface area contributed by atoms with Crippen LogP contribution in [0.2, 0.25) is 0 Å². The van der Waals surface area contributed by atoms with E-state index in [0.717, 1.165) is 48.9 Å². The third kappa shape index (κ3) is 3.64. The molecule has 0 radical (unpaired) electrons. The Kier molecular flexibility index (Phi) is 4.85. The summed E-state index contributed by atoms with van der Waals surface area (Å²) in [5.74, 6) is 0. The SMILES string of the molecule is Cc1cc(N2CCN(c3ccc(S(N)(=O)=O)cc3)CC2)c(C#N)c(C)n1. The average molecular weight is 371 g/mol. The maximum atomic E-state index is 11.4. The van der Waals surface area contributed by atoms with E-state index in [1.165, 1.54) is 12.1 Å². The Morgan fingerprint density at radius 3 is 2.19 bits per heavy atom. The first-order chi connectivity index (χ1) is 12.3. The number of piperazine rings is 1. The van der Waals surface area contributed by atoms with Gasteiger partial charge in [0.15, 0.2) is 0 Å². The number of nitrogens with zero attached hydrogens (tertiary/aromatic N) is 4. The molecule has 1 aromatic heterocycles. The summed E-state index contributed by atoms with van der Waals surface area (Å²) in [5, 5.41) is 14.6. The van der Waals surface area contributed by atoms with Gasteiger partial charge in [0, 0.05) is 37.6 Å². The van der Waals surface area contributed by atoms with Crippen LogP contribution in [0.25, 0.3) is 0 Å². The number of benzene rings is 1. The number of hydrogen-bond donors (Lipinski definition) is 1. The van der Waals surface area contributed by atoms with Gasteiger partial charge in [0.25, 0.3) is 0 Å². The van der Waals surface area contributed by atoms with Crippen molar-refractivity contribution in [1.82, 2.24) is 4.98 Å². The Balaban J connectivity index is 1.75. The zero-order chi connectivity index (χ0) is 18.9. The number of nitrogens with two attached hydrogens (primary N) is 1. The van der Waals surface area contributed by atoms with Crippen LogP contribution in [0.15, 0.2) is 35.2 Å². The van der Waals surface area contributed by atoms with E-state index in [1.807, 2.05) is 19.9 Å². The van der Waals surface area contributed by atoms with Gasteiger partial charge in [-0.1, -0.05) is 0 Å². The highest BCUT2D eigenvalue weighted by molar-refractivity contribution is 7.89. The van der Waals surface area contributed by atoms with E-state index in [2.05, 4.69) is 20.9 Å². The Hall–Kier alpha value is -2.63. The van der Waals surface area contributed by atoms with Gasteiger partial charge in [-0.15, -0.1) is 0 Å². The second kappa shape index (κ2) is 6.94. The van der Waals surface area contributed by atoms with Crippen molar-refractivity contribution >= 4 is 21.4 Å². The van der Waals surface area contributed by atoms with E-state index in [4.69, 9.17) is 5.14 Å². The zero-order valence-electron chi connectivity index (χ0n) is 14.8. The van der Waals surface area contributed by atoms with Crippen molar-refractivity contribution in [3.63, 3.8) is 0 Å². The lowest BCUT2D eigenvalue weighted by Gasteiger charge is -2.38.